The van der Waals surface area contributed by atoms with Crippen LogP contribution >= 0.6 is 0 Å². The minimum absolute atomic E-state index is 0.00632. The van der Waals surface area contributed by atoms with Crippen molar-refractivity contribution in [1.82, 2.24) is 0 Å². The summed E-state index contributed by atoms with van der Waals surface area (Å²) in [6.07, 6.45) is 6.89. The third-order valence-electron chi connectivity index (χ3n) is 8.43. The summed E-state index contributed by atoms with van der Waals surface area (Å²) in [6, 6.07) is 0. The van der Waals surface area contributed by atoms with Gasteiger partial charge >= 0.3 is 11.9 Å². The van der Waals surface area contributed by atoms with Crippen molar-refractivity contribution >= 4 is 11.9 Å². The molecular formula is C25H40O5. The zero-order valence-electron chi connectivity index (χ0n) is 19.4. The van der Waals surface area contributed by atoms with E-state index in [0.29, 0.717) is 36.0 Å². The molecule has 4 rings (SSSR count). The van der Waals surface area contributed by atoms with Crippen LogP contribution in [0.4, 0.5) is 0 Å². The van der Waals surface area contributed by atoms with Gasteiger partial charge in [0.05, 0.1) is 18.4 Å². The molecule has 0 saturated heterocycles. The van der Waals surface area contributed by atoms with Gasteiger partial charge in [-0.05, 0) is 79.4 Å². The monoisotopic (exact) mass is 420 g/mol. The fourth-order valence-corrected chi connectivity index (χ4v) is 7.41. The van der Waals surface area contributed by atoms with Gasteiger partial charge in [0, 0.05) is 0 Å². The molecule has 0 spiro atoms. The largest absolute Gasteiger partial charge is 0.462 e. The van der Waals surface area contributed by atoms with E-state index in [9.17, 15) is 9.59 Å². The second kappa shape index (κ2) is 8.44. The zero-order chi connectivity index (χ0) is 21.6. The summed E-state index contributed by atoms with van der Waals surface area (Å²) in [6.45, 7) is 10.5. The van der Waals surface area contributed by atoms with Crippen molar-refractivity contribution in [3.8, 4) is 0 Å². The van der Waals surface area contributed by atoms with E-state index in [2.05, 4.69) is 34.6 Å². The Hall–Kier alpha value is -1.10. The van der Waals surface area contributed by atoms with E-state index in [1.165, 1.54) is 6.42 Å². The summed E-state index contributed by atoms with van der Waals surface area (Å²) in [7, 11) is 0. The minimum Gasteiger partial charge on any atom is -0.462 e. The average Bonchev–Trinajstić information content (AvgIpc) is 3.41. The van der Waals surface area contributed by atoms with Crippen LogP contribution in [-0.2, 0) is 23.8 Å². The third kappa shape index (κ3) is 4.16. The van der Waals surface area contributed by atoms with Crippen LogP contribution in [0.1, 0.15) is 79.6 Å². The van der Waals surface area contributed by atoms with E-state index < -0.39 is 0 Å². The lowest BCUT2D eigenvalue weighted by Crippen LogP contribution is -2.42. The standard InChI is InChI=1S/C25H40O5/c1-6-16(7-2)28-13-29-24(27)18-9-14-8-17(18)23-19-10-15(22(14)23)11-20(19)30-21(26)12-25(3,4)5/h14-20,22-23H,6-13H2,1-5H3. The summed E-state index contributed by atoms with van der Waals surface area (Å²) >= 11 is 0. The molecule has 0 radical (unpaired) electrons. The van der Waals surface area contributed by atoms with Crippen molar-refractivity contribution in [1.29, 1.82) is 0 Å². The predicted octanol–water partition coefficient (Wildman–Crippen LogP) is 4.97. The molecule has 5 heteroatoms. The van der Waals surface area contributed by atoms with Crippen LogP contribution in [-0.4, -0.2) is 30.9 Å². The lowest BCUT2D eigenvalue weighted by Gasteiger charge is -2.40. The Morgan fingerprint density at radius 1 is 0.933 bits per heavy atom. The summed E-state index contributed by atoms with van der Waals surface area (Å²) in [5.74, 6) is 3.32. The second-order valence-electron chi connectivity index (χ2n) is 11.5. The van der Waals surface area contributed by atoms with Gasteiger partial charge in [0.25, 0.3) is 0 Å². The molecule has 8 atom stereocenters. The third-order valence-corrected chi connectivity index (χ3v) is 8.43. The maximum absolute atomic E-state index is 12.8. The highest BCUT2D eigenvalue weighted by atomic mass is 16.7. The summed E-state index contributed by atoms with van der Waals surface area (Å²) in [4.78, 5) is 25.2. The van der Waals surface area contributed by atoms with Gasteiger partial charge in [-0.15, -0.1) is 0 Å². The molecule has 4 bridgehead atoms. The smallest absolute Gasteiger partial charge is 0.311 e. The quantitative estimate of drug-likeness (QED) is 0.315. The molecule has 0 heterocycles. The first kappa shape index (κ1) is 22.1. The highest BCUT2D eigenvalue weighted by molar-refractivity contribution is 5.73. The van der Waals surface area contributed by atoms with Gasteiger partial charge in [-0.25, -0.2) is 0 Å². The van der Waals surface area contributed by atoms with Gasteiger partial charge in [0.1, 0.15) is 6.10 Å². The number of ether oxygens (including phenoxy) is 3. The molecule has 30 heavy (non-hydrogen) atoms. The summed E-state index contributed by atoms with van der Waals surface area (Å²) < 4.78 is 17.2. The fraction of sp³-hybridized carbons (Fsp3) is 0.920. The van der Waals surface area contributed by atoms with Crippen LogP contribution < -0.4 is 0 Å². The van der Waals surface area contributed by atoms with Crippen LogP contribution in [0.25, 0.3) is 0 Å². The van der Waals surface area contributed by atoms with Crippen molar-refractivity contribution in [3.05, 3.63) is 0 Å². The Morgan fingerprint density at radius 2 is 1.60 bits per heavy atom. The number of carbonyl (C=O) groups excluding carboxylic acids is 2. The molecule has 170 valence electrons. The first-order chi connectivity index (χ1) is 14.2. The number of fused-ring (bicyclic) bond motifs is 9. The first-order valence-corrected chi connectivity index (χ1v) is 12.2. The maximum Gasteiger partial charge on any atom is 0.311 e. The Kier molecular flexibility index (Phi) is 6.22. The molecule has 8 unspecified atom stereocenters. The first-order valence-electron chi connectivity index (χ1n) is 12.2. The van der Waals surface area contributed by atoms with Crippen molar-refractivity contribution in [2.45, 2.75) is 91.8 Å². The van der Waals surface area contributed by atoms with E-state index in [-0.39, 0.29) is 42.3 Å². The van der Waals surface area contributed by atoms with Gasteiger partial charge in [0.2, 0.25) is 0 Å². The molecule has 0 aromatic heterocycles. The van der Waals surface area contributed by atoms with Crippen LogP contribution in [0.5, 0.6) is 0 Å². The molecule has 5 nitrogen and oxygen atoms in total. The van der Waals surface area contributed by atoms with Gasteiger partial charge in [-0.2, -0.15) is 0 Å². The van der Waals surface area contributed by atoms with Crippen molar-refractivity contribution in [3.63, 3.8) is 0 Å². The minimum atomic E-state index is -0.0732. The van der Waals surface area contributed by atoms with E-state index in [0.717, 1.165) is 38.0 Å². The number of rotatable bonds is 8. The molecule has 4 saturated carbocycles. The Balaban J connectivity index is 1.34. The summed E-state index contributed by atoms with van der Waals surface area (Å²) in [5, 5.41) is 0. The number of hydrogen-bond acceptors (Lipinski definition) is 5. The Morgan fingerprint density at radius 3 is 2.27 bits per heavy atom. The van der Waals surface area contributed by atoms with Crippen molar-refractivity contribution < 1.29 is 23.8 Å². The van der Waals surface area contributed by atoms with Gasteiger partial charge in [0.15, 0.2) is 6.79 Å². The normalized spacial score (nSPS) is 38.9. The van der Waals surface area contributed by atoms with Crippen LogP contribution in [0.15, 0.2) is 0 Å². The van der Waals surface area contributed by atoms with Gasteiger partial charge in [-0.3, -0.25) is 9.59 Å². The van der Waals surface area contributed by atoms with E-state index in [4.69, 9.17) is 14.2 Å². The predicted molar refractivity (Wildman–Crippen MR) is 113 cm³/mol. The molecule has 0 aromatic carbocycles. The molecule has 4 aliphatic carbocycles. The molecular weight excluding hydrogens is 380 g/mol. The van der Waals surface area contributed by atoms with Crippen molar-refractivity contribution in [2.24, 2.45) is 46.8 Å². The van der Waals surface area contributed by atoms with Crippen LogP contribution in [0.3, 0.4) is 0 Å². The molecule has 0 amide bonds. The topological polar surface area (TPSA) is 61.8 Å². The second-order valence-corrected chi connectivity index (χ2v) is 11.5. The van der Waals surface area contributed by atoms with Gasteiger partial charge in [-0.1, -0.05) is 34.6 Å². The maximum atomic E-state index is 12.8. The molecule has 4 aliphatic rings. The highest BCUT2D eigenvalue weighted by Crippen LogP contribution is 2.69. The van der Waals surface area contributed by atoms with E-state index >= 15 is 0 Å². The molecule has 0 N–H and O–H groups in total. The lowest BCUT2D eigenvalue weighted by molar-refractivity contribution is -0.171. The van der Waals surface area contributed by atoms with Crippen LogP contribution in [0, 0.1) is 46.8 Å². The number of esters is 2. The fourth-order valence-electron chi connectivity index (χ4n) is 7.41. The molecule has 4 fully saturated rings. The zero-order valence-corrected chi connectivity index (χ0v) is 19.4. The van der Waals surface area contributed by atoms with Crippen molar-refractivity contribution in [2.75, 3.05) is 6.79 Å². The highest BCUT2D eigenvalue weighted by Gasteiger charge is 2.66. The summed E-state index contributed by atoms with van der Waals surface area (Å²) in [5.41, 5.74) is -0.0465. The van der Waals surface area contributed by atoms with Crippen LogP contribution in [0.2, 0.25) is 0 Å². The lowest BCUT2D eigenvalue weighted by atomic mass is 9.67. The molecule has 0 aliphatic heterocycles. The van der Waals surface area contributed by atoms with Gasteiger partial charge < -0.3 is 14.2 Å². The van der Waals surface area contributed by atoms with E-state index in [1.807, 2.05) is 0 Å². The van der Waals surface area contributed by atoms with E-state index in [1.54, 1.807) is 0 Å². The Bertz CT molecular complexity index is 648. The SMILES string of the molecule is CCC(CC)OCOC(=O)C1CC2CC1C1C3CC(CC3OC(=O)CC(C)(C)C)C21. The number of carbonyl (C=O) groups is 2. The Labute approximate surface area is 181 Å². The number of hydrogen-bond donors (Lipinski definition) is 0. The average molecular weight is 421 g/mol. The molecule has 0 aromatic rings.